The number of carbonyl (C=O) groups is 1. The minimum absolute atomic E-state index is 0. The molecule has 23 heavy (non-hydrogen) atoms. The third-order valence-corrected chi connectivity index (χ3v) is 4.68. The van der Waals surface area contributed by atoms with E-state index in [0.717, 1.165) is 4.47 Å². The first kappa shape index (κ1) is 22.2. The highest BCUT2D eigenvalue weighted by Gasteiger charge is 2.17. The standard InChI is InChI=1S/C15H18BrN3OS.2ClH/c1-19(2)13(14-4-3-7-21-14)9-18-15(20)11-6-5-10(16)8-12(11)17;;/h3-8,13H,9,17H2,1-2H3,(H,18,20);2*1H. The number of thiophene rings is 1. The Morgan fingerprint density at radius 2 is 2.04 bits per heavy atom. The van der Waals surface area contributed by atoms with Gasteiger partial charge >= 0.3 is 0 Å². The number of benzene rings is 1. The zero-order chi connectivity index (χ0) is 15.4. The number of rotatable bonds is 5. The summed E-state index contributed by atoms with van der Waals surface area (Å²) in [5, 5.41) is 5.00. The molecule has 1 unspecified atom stereocenters. The van der Waals surface area contributed by atoms with Gasteiger partial charge in [-0.05, 0) is 43.7 Å². The first-order chi connectivity index (χ1) is 9.99. The Morgan fingerprint density at radius 1 is 1.35 bits per heavy atom. The van der Waals surface area contributed by atoms with Gasteiger partial charge in [-0.2, -0.15) is 0 Å². The monoisotopic (exact) mass is 439 g/mol. The fourth-order valence-corrected chi connectivity index (χ4v) is 3.34. The Bertz CT molecular complexity index is 623. The van der Waals surface area contributed by atoms with Gasteiger partial charge in [0.05, 0.1) is 11.6 Å². The van der Waals surface area contributed by atoms with Crippen LogP contribution in [0.1, 0.15) is 21.3 Å². The van der Waals surface area contributed by atoms with Gasteiger partial charge in [-0.1, -0.05) is 22.0 Å². The van der Waals surface area contributed by atoms with Gasteiger partial charge in [0.15, 0.2) is 0 Å². The number of anilines is 1. The SMILES string of the molecule is CN(C)C(CNC(=O)c1ccc(Br)cc1N)c1cccs1.Cl.Cl. The lowest BCUT2D eigenvalue weighted by Gasteiger charge is -2.23. The maximum Gasteiger partial charge on any atom is 0.253 e. The lowest BCUT2D eigenvalue weighted by atomic mass is 10.1. The van der Waals surface area contributed by atoms with Crippen molar-refractivity contribution >= 4 is 63.7 Å². The number of amides is 1. The molecule has 4 nitrogen and oxygen atoms in total. The number of nitrogens with two attached hydrogens (primary N) is 1. The van der Waals surface area contributed by atoms with Crippen LogP contribution in [0.5, 0.6) is 0 Å². The molecule has 0 fully saturated rings. The molecule has 0 bridgehead atoms. The van der Waals surface area contributed by atoms with Crippen LogP contribution in [0.2, 0.25) is 0 Å². The van der Waals surface area contributed by atoms with Gasteiger partial charge < -0.3 is 16.0 Å². The van der Waals surface area contributed by atoms with Crippen LogP contribution in [0.4, 0.5) is 5.69 Å². The predicted molar refractivity (Wildman–Crippen MR) is 106 cm³/mol. The van der Waals surface area contributed by atoms with Crippen LogP contribution in [-0.2, 0) is 0 Å². The zero-order valence-electron chi connectivity index (χ0n) is 12.8. The van der Waals surface area contributed by atoms with Crippen molar-refractivity contribution in [2.75, 3.05) is 26.4 Å². The molecule has 3 N–H and O–H groups in total. The highest BCUT2D eigenvalue weighted by molar-refractivity contribution is 9.10. The lowest BCUT2D eigenvalue weighted by molar-refractivity contribution is 0.0943. The molecule has 1 aromatic carbocycles. The van der Waals surface area contributed by atoms with Crippen LogP contribution in [0.3, 0.4) is 0 Å². The second-order valence-electron chi connectivity index (χ2n) is 4.94. The molecule has 1 aromatic heterocycles. The van der Waals surface area contributed by atoms with Crippen LogP contribution in [0.15, 0.2) is 40.2 Å². The molecule has 0 aliphatic carbocycles. The van der Waals surface area contributed by atoms with Gasteiger partial charge in [-0.25, -0.2) is 0 Å². The van der Waals surface area contributed by atoms with Gasteiger partial charge in [0, 0.05) is 21.6 Å². The molecule has 0 radical (unpaired) electrons. The van der Waals surface area contributed by atoms with Crippen molar-refractivity contribution in [3.05, 3.63) is 50.6 Å². The van der Waals surface area contributed by atoms with Gasteiger partial charge in [-0.15, -0.1) is 36.2 Å². The van der Waals surface area contributed by atoms with E-state index in [-0.39, 0.29) is 36.8 Å². The second-order valence-corrected chi connectivity index (χ2v) is 6.83. The van der Waals surface area contributed by atoms with E-state index in [9.17, 15) is 4.79 Å². The molecule has 8 heteroatoms. The first-order valence-electron chi connectivity index (χ1n) is 6.52. The van der Waals surface area contributed by atoms with E-state index in [4.69, 9.17) is 5.73 Å². The van der Waals surface area contributed by atoms with Crippen LogP contribution >= 0.6 is 52.1 Å². The maximum absolute atomic E-state index is 12.3. The summed E-state index contributed by atoms with van der Waals surface area (Å²) in [6.07, 6.45) is 0. The van der Waals surface area contributed by atoms with Crippen molar-refractivity contribution in [1.29, 1.82) is 0 Å². The Labute approximate surface area is 161 Å². The molecule has 2 rings (SSSR count). The molecule has 1 atom stereocenters. The van der Waals surface area contributed by atoms with Crippen molar-refractivity contribution < 1.29 is 4.79 Å². The number of halogens is 3. The predicted octanol–water partition coefficient (Wildman–Crippen LogP) is 3.97. The summed E-state index contributed by atoms with van der Waals surface area (Å²) in [4.78, 5) is 15.6. The van der Waals surface area contributed by atoms with Crippen LogP contribution in [0, 0.1) is 0 Å². The Morgan fingerprint density at radius 3 is 2.57 bits per heavy atom. The summed E-state index contributed by atoms with van der Waals surface area (Å²) in [6.45, 7) is 0.544. The highest BCUT2D eigenvalue weighted by atomic mass is 79.9. The average Bonchev–Trinajstić information content (AvgIpc) is 2.92. The molecule has 128 valence electrons. The Hall–Kier alpha value is -0.790. The summed E-state index contributed by atoms with van der Waals surface area (Å²) in [5.41, 5.74) is 6.86. The quantitative estimate of drug-likeness (QED) is 0.691. The topological polar surface area (TPSA) is 58.4 Å². The highest BCUT2D eigenvalue weighted by Crippen LogP contribution is 2.23. The number of hydrogen-bond acceptors (Lipinski definition) is 4. The summed E-state index contributed by atoms with van der Waals surface area (Å²) in [5.74, 6) is -0.150. The van der Waals surface area contributed by atoms with Crippen molar-refractivity contribution in [2.45, 2.75) is 6.04 Å². The van der Waals surface area contributed by atoms with Crippen molar-refractivity contribution in [3.8, 4) is 0 Å². The molecular formula is C15H20BrCl2N3OS. The summed E-state index contributed by atoms with van der Waals surface area (Å²) < 4.78 is 0.862. The van der Waals surface area contributed by atoms with Crippen molar-refractivity contribution in [3.63, 3.8) is 0 Å². The van der Waals surface area contributed by atoms with Gasteiger partial charge in [0.25, 0.3) is 5.91 Å². The molecule has 0 saturated heterocycles. The summed E-state index contributed by atoms with van der Waals surface area (Å²) in [6, 6.07) is 9.53. The molecule has 2 aromatic rings. The number of nitrogens with one attached hydrogen (secondary N) is 1. The lowest BCUT2D eigenvalue weighted by Crippen LogP contribution is -2.34. The average molecular weight is 441 g/mol. The van der Waals surface area contributed by atoms with E-state index in [0.29, 0.717) is 17.8 Å². The minimum atomic E-state index is -0.150. The fraction of sp³-hybridized carbons (Fsp3) is 0.267. The van der Waals surface area contributed by atoms with E-state index in [1.165, 1.54) is 4.88 Å². The number of hydrogen-bond donors (Lipinski definition) is 2. The molecule has 1 heterocycles. The van der Waals surface area contributed by atoms with E-state index >= 15 is 0 Å². The third kappa shape index (κ3) is 5.97. The van der Waals surface area contributed by atoms with Crippen LogP contribution in [0.25, 0.3) is 0 Å². The maximum atomic E-state index is 12.3. The van der Waals surface area contributed by atoms with Gasteiger partial charge in [-0.3, -0.25) is 4.79 Å². The largest absolute Gasteiger partial charge is 0.398 e. The molecule has 1 amide bonds. The Kier molecular flexibility index (Phi) is 9.80. The number of nitrogen functional groups attached to an aromatic ring is 1. The molecule has 0 spiro atoms. The van der Waals surface area contributed by atoms with E-state index in [1.54, 1.807) is 23.5 Å². The third-order valence-electron chi connectivity index (χ3n) is 3.21. The second kappa shape index (κ2) is 10.2. The Balaban J connectivity index is 0.00000242. The van der Waals surface area contributed by atoms with Crippen molar-refractivity contribution in [1.82, 2.24) is 10.2 Å². The number of nitrogens with zero attached hydrogens (tertiary/aromatic N) is 1. The van der Waals surface area contributed by atoms with E-state index in [1.807, 2.05) is 31.6 Å². The zero-order valence-corrected chi connectivity index (χ0v) is 16.8. The van der Waals surface area contributed by atoms with Crippen LogP contribution in [-0.4, -0.2) is 31.4 Å². The molecule has 0 aliphatic heterocycles. The molecule has 0 aliphatic rings. The number of likely N-dealkylation sites (N-methyl/N-ethyl adjacent to an activating group) is 1. The van der Waals surface area contributed by atoms with E-state index in [2.05, 4.69) is 32.2 Å². The first-order valence-corrected chi connectivity index (χ1v) is 8.19. The normalized spacial score (nSPS) is 11.3. The minimum Gasteiger partial charge on any atom is -0.398 e. The van der Waals surface area contributed by atoms with Gasteiger partial charge in [0.1, 0.15) is 0 Å². The summed E-state index contributed by atoms with van der Waals surface area (Å²) >= 11 is 5.02. The van der Waals surface area contributed by atoms with Crippen molar-refractivity contribution in [2.24, 2.45) is 0 Å². The van der Waals surface area contributed by atoms with E-state index < -0.39 is 0 Å². The smallest absolute Gasteiger partial charge is 0.253 e. The van der Waals surface area contributed by atoms with Crippen LogP contribution < -0.4 is 11.1 Å². The summed E-state index contributed by atoms with van der Waals surface area (Å²) in [7, 11) is 4.01. The molecule has 0 saturated carbocycles. The molecular weight excluding hydrogens is 421 g/mol. The fourth-order valence-electron chi connectivity index (χ4n) is 2.04. The van der Waals surface area contributed by atoms with Gasteiger partial charge in [0.2, 0.25) is 0 Å². The number of carbonyl (C=O) groups excluding carboxylic acids is 1.